The van der Waals surface area contributed by atoms with E-state index in [-0.39, 0.29) is 5.75 Å². The summed E-state index contributed by atoms with van der Waals surface area (Å²) < 4.78 is 26.8. The number of aryl methyl sites for hydroxylation is 1. The van der Waals surface area contributed by atoms with Gasteiger partial charge in [-0.3, -0.25) is 4.72 Å². The van der Waals surface area contributed by atoms with E-state index in [9.17, 15) is 8.42 Å². The first-order chi connectivity index (χ1) is 9.61. The first-order valence-corrected chi connectivity index (χ1v) is 9.08. The maximum Gasteiger partial charge on any atom is 0.232 e. The molecule has 1 aliphatic carbocycles. The molecule has 0 aromatic heterocycles. The third-order valence-corrected chi connectivity index (χ3v) is 4.87. The summed E-state index contributed by atoms with van der Waals surface area (Å²) in [4.78, 5) is 0. The summed E-state index contributed by atoms with van der Waals surface area (Å²) in [6.45, 7) is 2.95. The zero-order valence-corrected chi connectivity index (χ0v) is 12.9. The van der Waals surface area contributed by atoms with E-state index in [2.05, 4.69) is 10.0 Å². The smallest absolute Gasteiger partial charge is 0.232 e. The monoisotopic (exact) mass is 296 g/mol. The fourth-order valence-electron chi connectivity index (χ4n) is 2.16. The molecule has 20 heavy (non-hydrogen) atoms. The summed E-state index contributed by atoms with van der Waals surface area (Å²) in [6, 6.07) is 8.26. The molecule has 0 unspecified atom stereocenters. The van der Waals surface area contributed by atoms with Crippen LogP contribution in [0.15, 0.2) is 24.3 Å². The van der Waals surface area contributed by atoms with Crippen LogP contribution in [0.2, 0.25) is 0 Å². The first-order valence-electron chi connectivity index (χ1n) is 7.42. The van der Waals surface area contributed by atoms with Gasteiger partial charge >= 0.3 is 0 Å². The minimum atomic E-state index is -3.23. The average Bonchev–Trinajstić information content (AvgIpc) is 3.22. The van der Waals surface area contributed by atoms with Gasteiger partial charge in [-0.15, -0.1) is 0 Å². The van der Waals surface area contributed by atoms with Crippen LogP contribution in [0.1, 0.15) is 38.2 Å². The molecule has 0 bridgehead atoms. The molecule has 0 heterocycles. The van der Waals surface area contributed by atoms with Crippen molar-refractivity contribution in [1.29, 1.82) is 0 Å². The van der Waals surface area contributed by atoms with Gasteiger partial charge in [-0.1, -0.05) is 25.1 Å². The Morgan fingerprint density at radius 1 is 1.20 bits per heavy atom. The van der Waals surface area contributed by atoms with Crippen LogP contribution in [0.5, 0.6) is 0 Å². The third-order valence-electron chi connectivity index (χ3n) is 3.51. The molecular formula is C15H24N2O2S. The summed E-state index contributed by atoms with van der Waals surface area (Å²) in [5.74, 6) is 0.192. The second-order valence-electron chi connectivity index (χ2n) is 5.37. The van der Waals surface area contributed by atoms with Gasteiger partial charge in [-0.05, 0) is 50.3 Å². The van der Waals surface area contributed by atoms with Crippen molar-refractivity contribution in [2.24, 2.45) is 0 Å². The Morgan fingerprint density at radius 2 is 1.95 bits per heavy atom. The number of nitrogens with one attached hydrogen (secondary N) is 2. The van der Waals surface area contributed by atoms with E-state index >= 15 is 0 Å². The largest absolute Gasteiger partial charge is 0.314 e. The fourth-order valence-corrected chi connectivity index (χ4v) is 3.38. The lowest BCUT2D eigenvalue weighted by molar-refractivity contribution is 0.591. The van der Waals surface area contributed by atoms with Crippen LogP contribution in [-0.2, 0) is 16.4 Å². The summed E-state index contributed by atoms with van der Waals surface area (Å²) in [5.41, 5.74) is 1.75. The molecule has 5 heteroatoms. The van der Waals surface area contributed by atoms with Crippen molar-refractivity contribution in [3.8, 4) is 0 Å². The maximum atomic E-state index is 12.0. The van der Waals surface area contributed by atoms with E-state index in [1.807, 2.05) is 31.2 Å². The van der Waals surface area contributed by atoms with E-state index in [1.165, 1.54) is 12.8 Å². The van der Waals surface area contributed by atoms with Gasteiger partial charge in [0.25, 0.3) is 0 Å². The zero-order valence-electron chi connectivity index (χ0n) is 12.1. The normalized spacial score (nSPS) is 15.2. The Labute approximate surface area is 122 Å². The van der Waals surface area contributed by atoms with Gasteiger partial charge in [-0.25, -0.2) is 8.42 Å². The van der Waals surface area contributed by atoms with Crippen molar-refractivity contribution < 1.29 is 8.42 Å². The minimum Gasteiger partial charge on any atom is -0.314 e. The number of rotatable bonds is 9. The molecule has 0 aliphatic heterocycles. The van der Waals surface area contributed by atoms with Gasteiger partial charge < -0.3 is 5.32 Å². The van der Waals surface area contributed by atoms with Crippen LogP contribution in [0.3, 0.4) is 0 Å². The lowest BCUT2D eigenvalue weighted by Gasteiger charge is -2.11. The van der Waals surface area contributed by atoms with Crippen LogP contribution in [0, 0.1) is 0 Å². The van der Waals surface area contributed by atoms with Crippen LogP contribution < -0.4 is 10.0 Å². The molecule has 0 atom stereocenters. The molecule has 0 saturated heterocycles. The second kappa shape index (κ2) is 7.09. The average molecular weight is 296 g/mol. The Balaban J connectivity index is 1.77. The predicted octanol–water partition coefficient (Wildman–Crippen LogP) is 2.52. The number of hydrogen-bond donors (Lipinski definition) is 2. The van der Waals surface area contributed by atoms with Gasteiger partial charge in [0.05, 0.1) is 11.4 Å². The molecule has 112 valence electrons. The van der Waals surface area contributed by atoms with Gasteiger partial charge in [0.2, 0.25) is 10.0 Å². The number of sulfonamides is 1. The molecular weight excluding hydrogens is 272 g/mol. The van der Waals surface area contributed by atoms with Crippen LogP contribution >= 0.6 is 0 Å². The second-order valence-corrected chi connectivity index (χ2v) is 7.21. The molecule has 0 spiro atoms. The van der Waals surface area contributed by atoms with Crippen molar-refractivity contribution in [2.45, 2.75) is 45.1 Å². The minimum absolute atomic E-state index is 0.192. The molecule has 1 fully saturated rings. The number of hydrogen-bond acceptors (Lipinski definition) is 3. The van der Waals surface area contributed by atoms with Gasteiger partial charge in [0, 0.05) is 6.04 Å². The van der Waals surface area contributed by atoms with Crippen LogP contribution in [0.25, 0.3) is 0 Å². The molecule has 1 saturated carbocycles. The van der Waals surface area contributed by atoms with E-state index < -0.39 is 10.0 Å². The van der Waals surface area contributed by atoms with E-state index in [1.54, 1.807) is 0 Å². The molecule has 2 rings (SSSR count). The lowest BCUT2D eigenvalue weighted by atomic mass is 10.1. The van der Waals surface area contributed by atoms with Crippen molar-refractivity contribution in [1.82, 2.24) is 5.32 Å². The molecule has 1 aromatic rings. The molecule has 0 amide bonds. The zero-order chi connectivity index (χ0) is 14.4. The Morgan fingerprint density at radius 3 is 2.65 bits per heavy atom. The van der Waals surface area contributed by atoms with E-state index in [4.69, 9.17) is 0 Å². The predicted molar refractivity (Wildman–Crippen MR) is 83.5 cm³/mol. The highest BCUT2D eigenvalue weighted by Crippen LogP contribution is 2.19. The Bertz CT molecular complexity index is 524. The first kappa shape index (κ1) is 15.3. The standard InChI is InChI=1S/C15H24N2O2S/c1-2-13-7-3-4-8-15(13)17-20(18,19)12-6-5-11-16-14-9-10-14/h3-4,7-8,14,16-17H,2,5-6,9-12H2,1H3. The van der Waals surface area contributed by atoms with Gasteiger partial charge in [-0.2, -0.15) is 0 Å². The van der Waals surface area contributed by atoms with Crippen molar-refractivity contribution in [3.63, 3.8) is 0 Å². The van der Waals surface area contributed by atoms with Gasteiger partial charge in [0.15, 0.2) is 0 Å². The molecule has 0 radical (unpaired) electrons. The van der Waals surface area contributed by atoms with Gasteiger partial charge in [0.1, 0.15) is 0 Å². The van der Waals surface area contributed by atoms with Crippen LogP contribution in [0.4, 0.5) is 5.69 Å². The quantitative estimate of drug-likeness (QED) is 0.688. The SMILES string of the molecule is CCc1ccccc1NS(=O)(=O)CCCCNC1CC1. The third kappa shape index (κ3) is 5.13. The summed E-state index contributed by atoms with van der Waals surface area (Å²) in [7, 11) is -3.23. The van der Waals surface area contributed by atoms with E-state index in [0.717, 1.165) is 24.9 Å². The molecule has 1 aliphatic rings. The van der Waals surface area contributed by atoms with Crippen molar-refractivity contribution in [3.05, 3.63) is 29.8 Å². The number of para-hydroxylation sites is 1. The van der Waals surface area contributed by atoms with E-state index in [0.29, 0.717) is 18.2 Å². The highest BCUT2D eigenvalue weighted by molar-refractivity contribution is 7.92. The highest BCUT2D eigenvalue weighted by atomic mass is 32.2. The maximum absolute atomic E-state index is 12.0. The molecule has 1 aromatic carbocycles. The summed E-state index contributed by atoms with van der Waals surface area (Å²) in [6.07, 6.45) is 4.97. The topological polar surface area (TPSA) is 58.2 Å². The van der Waals surface area contributed by atoms with Crippen molar-refractivity contribution in [2.75, 3.05) is 17.0 Å². The van der Waals surface area contributed by atoms with Crippen LogP contribution in [-0.4, -0.2) is 26.8 Å². The highest BCUT2D eigenvalue weighted by Gasteiger charge is 2.19. The summed E-state index contributed by atoms with van der Waals surface area (Å²) in [5, 5.41) is 3.40. The molecule has 4 nitrogen and oxygen atoms in total. The number of benzene rings is 1. The lowest BCUT2D eigenvalue weighted by Crippen LogP contribution is -2.21. The number of anilines is 1. The number of unbranched alkanes of at least 4 members (excludes halogenated alkanes) is 1. The Hall–Kier alpha value is -1.07. The fraction of sp³-hybridized carbons (Fsp3) is 0.600. The Kier molecular flexibility index (Phi) is 5.43. The summed E-state index contributed by atoms with van der Waals surface area (Å²) >= 11 is 0. The van der Waals surface area contributed by atoms with Crippen molar-refractivity contribution >= 4 is 15.7 Å². The molecule has 2 N–H and O–H groups in total.